The van der Waals surface area contributed by atoms with Crippen LogP contribution in [0.3, 0.4) is 0 Å². The number of aromatic nitrogens is 1. The minimum Gasteiger partial charge on any atom is -0.309 e. The number of nitrogens with zero attached hydrogens (tertiary/aromatic N) is 1. The highest BCUT2D eigenvalue weighted by atomic mass is 32.1. The molecule has 2 atom stereocenters. The maximum atomic E-state index is 2.56. The Balaban J connectivity index is 1.01. The van der Waals surface area contributed by atoms with E-state index in [0.717, 1.165) is 0 Å². The van der Waals surface area contributed by atoms with Crippen LogP contribution in [0.2, 0.25) is 0 Å². The summed E-state index contributed by atoms with van der Waals surface area (Å²) in [5.41, 5.74) is 15.7. The average Bonchev–Trinajstić information content (AvgIpc) is 3.99. The van der Waals surface area contributed by atoms with E-state index in [2.05, 4.69) is 206 Å². The van der Waals surface area contributed by atoms with Crippen molar-refractivity contribution in [2.75, 3.05) is 0 Å². The van der Waals surface area contributed by atoms with Gasteiger partial charge >= 0.3 is 0 Å². The summed E-state index contributed by atoms with van der Waals surface area (Å²) in [4.78, 5) is 0. The van der Waals surface area contributed by atoms with E-state index in [0.29, 0.717) is 0 Å². The lowest BCUT2D eigenvalue weighted by atomic mass is 9.69. The molecule has 3 heterocycles. The molecule has 0 N–H and O–H groups in total. The summed E-state index contributed by atoms with van der Waals surface area (Å²) >= 11 is 3.86. The molecule has 0 saturated carbocycles. The second-order valence-corrected chi connectivity index (χ2v) is 18.5. The van der Waals surface area contributed by atoms with Crippen LogP contribution in [0.5, 0.6) is 0 Å². The predicted molar refractivity (Wildman–Crippen MR) is 260 cm³/mol. The average molecular weight is 800 g/mol. The molecule has 1 aliphatic carbocycles. The molecule has 0 saturated heterocycles. The van der Waals surface area contributed by atoms with E-state index in [-0.39, 0.29) is 11.8 Å². The Hall–Kier alpha value is -6.78. The molecule has 0 bridgehead atoms. The zero-order chi connectivity index (χ0) is 39.5. The van der Waals surface area contributed by atoms with Gasteiger partial charge in [0.1, 0.15) is 0 Å². The van der Waals surface area contributed by atoms with Gasteiger partial charge in [-0.1, -0.05) is 153 Å². The lowest BCUT2D eigenvalue weighted by molar-refractivity contribution is 0.650. The molecule has 0 radical (unpaired) electrons. The van der Waals surface area contributed by atoms with Crippen LogP contribution in [0.4, 0.5) is 0 Å². The van der Waals surface area contributed by atoms with Gasteiger partial charge in [0.25, 0.3) is 0 Å². The van der Waals surface area contributed by atoms with Crippen LogP contribution in [-0.4, -0.2) is 4.57 Å². The van der Waals surface area contributed by atoms with E-state index in [1.807, 2.05) is 22.7 Å². The molecule has 12 aromatic rings. The third kappa shape index (κ3) is 4.97. The molecule has 1 nitrogen and oxygen atoms in total. The SMILES string of the molecule is CC1c2cc(-c3ccc4c5ccccc5n(-c5ccccc5)c4c3)ccc2-c2ccccc2C1c1cc(-c2cccc3c2sc2ccccc23)c2sc3ccccc3c2c1. The summed E-state index contributed by atoms with van der Waals surface area (Å²) in [6.07, 6.45) is 0. The number of hydrogen-bond donors (Lipinski definition) is 0. The maximum Gasteiger partial charge on any atom is 0.0547 e. The molecule has 3 heteroatoms. The summed E-state index contributed by atoms with van der Waals surface area (Å²) in [7, 11) is 0. The molecule has 9 aromatic carbocycles. The zero-order valence-electron chi connectivity index (χ0n) is 32.9. The first-order valence-electron chi connectivity index (χ1n) is 20.9. The van der Waals surface area contributed by atoms with Gasteiger partial charge in [-0.05, 0) is 93.4 Å². The molecular formula is C57H37NS2. The van der Waals surface area contributed by atoms with Crippen molar-refractivity contribution in [3.63, 3.8) is 0 Å². The number of rotatable bonds is 4. The predicted octanol–water partition coefficient (Wildman–Crippen LogP) is 16.8. The van der Waals surface area contributed by atoms with Crippen LogP contribution >= 0.6 is 22.7 Å². The Labute approximate surface area is 356 Å². The van der Waals surface area contributed by atoms with Gasteiger partial charge in [-0.15, -0.1) is 22.7 Å². The monoisotopic (exact) mass is 799 g/mol. The molecule has 0 fully saturated rings. The van der Waals surface area contributed by atoms with Crippen molar-refractivity contribution in [3.8, 4) is 39.1 Å². The van der Waals surface area contributed by atoms with Gasteiger partial charge in [0.15, 0.2) is 0 Å². The van der Waals surface area contributed by atoms with Crippen molar-refractivity contribution in [2.24, 2.45) is 0 Å². The molecule has 0 amide bonds. The third-order valence-corrected chi connectivity index (χ3v) is 15.6. The first-order chi connectivity index (χ1) is 29.7. The van der Waals surface area contributed by atoms with Gasteiger partial charge in [0.05, 0.1) is 11.0 Å². The van der Waals surface area contributed by atoms with Crippen molar-refractivity contribution in [3.05, 3.63) is 211 Å². The van der Waals surface area contributed by atoms with E-state index in [1.54, 1.807) is 0 Å². The largest absolute Gasteiger partial charge is 0.309 e. The summed E-state index contributed by atoms with van der Waals surface area (Å²) in [5.74, 6) is 0.417. The molecular weight excluding hydrogens is 763 g/mol. The van der Waals surface area contributed by atoms with Crippen LogP contribution in [0.25, 0.3) is 101 Å². The van der Waals surface area contributed by atoms with Crippen molar-refractivity contribution < 1.29 is 0 Å². The summed E-state index contributed by atoms with van der Waals surface area (Å²) in [6, 6.07) is 72.8. The van der Waals surface area contributed by atoms with Gasteiger partial charge < -0.3 is 4.57 Å². The Morgan fingerprint density at radius 1 is 0.383 bits per heavy atom. The van der Waals surface area contributed by atoms with E-state index >= 15 is 0 Å². The van der Waals surface area contributed by atoms with Crippen molar-refractivity contribution in [2.45, 2.75) is 18.8 Å². The quantitative estimate of drug-likeness (QED) is 0.167. The molecule has 3 aromatic heterocycles. The normalized spacial score (nSPS) is 15.1. The van der Waals surface area contributed by atoms with Crippen LogP contribution in [0.1, 0.15) is 35.4 Å². The van der Waals surface area contributed by atoms with Crippen LogP contribution < -0.4 is 0 Å². The maximum absolute atomic E-state index is 2.56. The number of thiophene rings is 2. The minimum absolute atomic E-state index is 0.176. The first-order valence-corrected chi connectivity index (χ1v) is 22.5. The third-order valence-electron chi connectivity index (χ3n) is 13.2. The van der Waals surface area contributed by atoms with Gasteiger partial charge in [0, 0.05) is 73.8 Å². The van der Waals surface area contributed by atoms with E-state index < -0.39 is 0 Å². The molecule has 13 rings (SSSR count). The summed E-state index contributed by atoms with van der Waals surface area (Å²) in [5, 5.41) is 7.93. The Bertz CT molecular complexity index is 3690. The lowest BCUT2D eigenvalue weighted by Crippen LogP contribution is -2.17. The topological polar surface area (TPSA) is 4.93 Å². The highest BCUT2D eigenvalue weighted by Crippen LogP contribution is 2.53. The fourth-order valence-electron chi connectivity index (χ4n) is 10.5. The number of benzene rings is 9. The van der Waals surface area contributed by atoms with Crippen molar-refractivity contribution in [1.29, 1.82) is 0 Å². The van der Waals surface area contributed by atoms with Crippen molar-refractivity contribution in [1.82, 2.24) is 4.57 Å². The molecule has 0 spiro atoms. The standard InChI is InChI=1S/C57H37NS2/c1-34-48-30-35(36-27-29-42-41-17-7-10-23-51(41)58(52(42)33-36)38-14-3-2-4-15-38)26-28-40(48)39-16-5-6-20-45(39)55(34)37-31-49-44-19-9-12-25-54(44)60-57(49)50(32-37)47-22-13-21-46-43-18-8-11-24-53(43)59-56(46)47/h2-34,55H,1H3. The van der Waals surface area contributed by atoms with E-state index in [9.17, 15) is 0 Å². The molecule has 1 aliphatic rings. The highest BCUT2D eigenvalue weighted by molar-refractivity contribution is 7.27. The van der Waals surface area contributed by atoms with Crippen LogP contribution in [-0.2, 0) is 0 Å². The number of fused-ring (bicyclic) bond motifs is 12. The Morgan fingerprint density at radius 3 is 1.82 bits per heavy atom. The van der Waals surface area contributed by atoms with Gasteiger partial charge in [-0.2, -0.15) is 0 Å². The second kappa shape index (κ2) is 13.1. The fraction of sp³-hybridized carbons (Fsp3) is 0.0526. The Morgan fingerprint density at radius 2 is 0.983 bits per heavy atom. The van der Waals surface area contributed by atoms with E-state index in [4.69, 9.17) is 0 Å². The molecule has 2 unspecified atom stereocenters. The number of para-hydroxylation sites is 2. The molecule has 0 aliphatic heterocycles. The van der Waals surface area contributed by atoms with E-state index in [1.165, 1.54) is 118 Å². The second-order valence-electron chi connectivity index (χ2n) is 16.4. The van der Waals surface area contributed by atoms with Crippen molar-refractivity contribution >= 4 is 84.8 Å². The van der Waals surface area contributed by atoms with Crippen LogP contribution in [0.15, 0.2) is 194 Å². The Kier molecular flexibility index (Phi) is 7.46. The van der Waals surface area contributed by atoms with Gasteiger partial charge in [-0.3, -0.25) is 0 Å². The fourth-order valence-corrected chi connectivity index (χ4v) is 12.9. The minimum atomic E-state index is 0.176. The van der Waals surface area contributed by atoms with Gasteiger partial charge in [0.2, 0.25) is 0 Å². The lowest BCUT2D eigenvalue weighted by Gasteiger charge is -2.35. The first kappa shape index (κ1) is 34.1. The summed E-state index contributed by atoms with van der Waals surface area (Å²) in [6.45, 7) is 2.46. The highest BCUT2D eigenvalue weighted by Gasteiger charge is 2.33. The van der Waals surface area contributed by atoms with Crippen LogP contribution in [0, 0.1) is 0 Å². The number of hydrogen-bond acceptors (Lipinski definition) is 2. The molecule has 282 valence electrons. The van der Waals surface area contributed by atoms with Gasteiger partial charge in [-0.25, -0.2) is 0 Å². The smallest absolute Gasteiger partial charge is 0.0547 e. The molecule has 60 heavy (non-hydrogen) atoms. The zero-order valence-corrected chi connectivity index (χ0v) is 34.5. The summed E-state index contributed by atoms with van der Waals surface area (Å²) < 4.78 is 7.83.